The van der Waals surface area contributed by atoms with Gasteiger partial charge in [0.2, 0.25) is 0 Å². The fourth-order valence-electron chi connectivity index (χ4n) is 3.35. The number of halogens is 2. The number of nitrogens with zero attached hydrogens (tertiary/aromatic N) is 2. The molecule has 1 aromatic carbocycles. The van der Waals surface area contributed by atoms with Crippen molar-refractivity contribution in [2.24, 2.45) is 5.73 Å². The minimum absolute atomic E-state index is 0.0131. The van der Waals surface area contributed by atoms with E-state index in [0.29, 0.717) is 11.1 Å². The molecule has 2 unspecified atom stereocenters. The number of nitriles is 1. The summed E-state index contributed by atoms with van der Waals surface area (Å²) in [6.07, 6.45) is 0.231. The second kappa shape index (κ2) is 5.95. The molecule has 0 aliphatic carbocycles. The van der Waals surface area contributed by atoms with E-state index >= 15 is 0 Å². The molecule has 124 valence electrons. The van der Waals surface area contributed by atoms with Crippen LogP contribution in [0.4, 0.5) is 4.39 Å². The molecule has 6 nitrogen and oxygen atoms in total. The number of hydrogen-bond acceptors (Lipinski definition) is 5. The number of ether oxygens (including phenoxy) is 1. The summed E-state index contributed by atoms with van der Waals surface area (Å²) < 4.78 is 20.9. The Hall–Kier alpha value is -1.76. The van der Waals surface area contributed by atoms with Crippen molar-refractivity contribution in [2.75, 3.05) is 20.3 Å². The van der Waals surface area contributed by atoms with E-state index in [-0.39, 0.29) is 30.2 Å². The van der Waals surface area contributed by atoms with Gasteiger partial charge >= 0.3 is 147 Å². The second-order valence-electron chi connectivity index (χ2n) is 5.95. The van der Waals surface area contributed by atoms with Gasteiger partial charge in [0.25, 0.3) is 0 Å². The SMILES string of the molecule is CN1C(=O)C2(N)CCOCC2(c2cc(Br)ccc2F)NC1=BC#N. The summed E-state index contributed by atoms with van der Waals surface area (Å²) >= 11 is 3.33. The van der Waals surface area contributed by atoms with Crippen LogP contribution in [0.1, 0.15) is 12.0 Å². The minimum atomic E-state index is -1.39. The Bertz CT molecular complexity index is 783. The topological polar surface area (TPSA) is 91.4 Å². The van der Waals surface area contributed by atoms with E-state index in [2.05, 4.69) is 21.2 Å². The van der Waals surface area contributed by atoms with Gasteiger partial charge in [-0.15, -0.1) is 0 Å². The number of hydrogen-bond donors (Lipinski definition) is 2. The normalized spacial score (nSPS) is 31.0. The van der Waals surface area contributed by atoms with Crippen molar-refractivity contribution in [3.05, 3.63) is 34.1 Å². The van der Waals surface area contributed by atoms with Crippen molar-refractivity contribution in [1.29, 1.82) is 5.26 Å². The zero-order valence-corrected chi connectivity index (χ0v) is 14.6. The first-order chi connectivity index (χ1) is 11.4. The molecule has 2 aliphatic rings. The van der Waals surface area contributed by atoms with Crippen LogP contribution >= 0.6 is 15.9 Å². The average molecular weight is 393 g/mol. The first-order valence-corrected chi connectivity index (χ1v) is 8.13. The monoisotopic (exact) mass is 392 g/mol. The fourth-order valence-corrected chi connectivity index (χ4v) is 3.71. The van der Waals surface area contributed by atoms with Gasteiger partial charge in [-0.1, -0.05) is 0 Å². The van der Waals surface area contributed by atoms with Crippen molar-refractivity contribution in [2.45, 2.75) is 17.5 Å². The van der Waals surface area contributed by atoms with E-state index in [1.165, 1.54) is 24.9 Å². The van der Waals surface area contributed by atoms with Crippen LogP contribution in [0.3, 0.4) is 0 Å². The molecular weight excluding hydrogens is 378 g/mol. The van der Waals surface area contributed by atoms with Gasteiger partial charge in [0.1, 0.15) is 0 Å². The third-order valence-corrected chi connectivity index (χ3v) is 5.19. The molecule has 0 aromatic heterocycles. The molecule has 2 heterocycles. The molecule has 2 fully saturated rings. The Balaban J connectivity index is 2.27. The van der Waals surface area contributed by atoms with Crippen molar-refractivity contribution >= 4 is 34.5 Å². The van der Waals surface area contributed by atoms with Crippen molar-refractivity contribution < 1.29 is 13.9 Å². The van der Waals surface area contributed by atoms with E-state index in [1.807, 2.05) is 5.97 Å². The Morgan fingerprint density at radius 3 is 3.04 bits per heavy atom. The van der Waals surface area contributed by atoms with Gasteiger partial charge in [-0.05, 0) is 0 Å². The molecule has 0 bridgehead atoms. The van der Waals surface area contributed by atoms with Gasteiger partial charge in [0.05, 0.1) is 0 Å². The number of carbonyl (C=O) groups excluding carboxylic acids is 1. The predicted octanol–water partition coefficient (Wildman–Crippen LogP) is 0.236. The summed E-state index contributed by atoms with van der Waals surface area (Å²) in [4.78, 5) is 14.3. The molecule has 24 heavy (non-hydrogen) atoms. The van der Waals surface area contributed by atoms with Crippen LogP contribution in [0.25, 0.3) is 0 Å². The first-order valence-electron chi connectivity index (χ1n) is 7.34. The van der Waals surface area contributed by atoms with E-state index in [0.717, 1.165) is 0 Å². The van der Waals surface area contributed by atoms with Crippen molar-refractivity contribution in [3.8, 4) is 5.97 Å². The molecule has 0 radical (unpaired) electrons. The first kappa shape index (κ1) is 17.1. The van der Waals surface area contributed by atoms with Crippen LogP contribution in [0.2, 0.25) is 0 Å². The average Bonchev–Trinajstić information content (AvgIpc) is 2.56. The van der Waals surface area contributed by atoms with Crippen molar-refractivity contribution in [3.63, 3.8) is 0 Å². The molecule has 0 spiro atoms. The van der Waals surface area contributed by atoms with Gasteiger partial charge < -0.3 is 0 Å². The number of amides is 1. The van der Waals surface area contributed by atoms with Gasteiger partial charge in [-0.25, -0.2) is 0 Å². The zero-order valence-electron chi connectivity index (χ0n) is 13.0. The molecular formula is C15H15BBrFN4O2. The molecule has 3 rings (SSSR count). The summed E-state index contributed by atoms with van der Waals surface area (Å²) in [6.45, 7) is 1.51. The third-order valence-electron chi connectivity index (χ3n) is 4.70. The van der Waals surface area contributed by atoms with Crippen LogP contribution in [-0.4, -0.2) is 49.2 Å². The predicted molar refractivity (Wildman–Crippen MR) is 90.4 cm³/mol. The summed E-state index contributed by atoms with van der Waals surface area (Å²) in [5.41, 5.74) is 4.31. The molecule has 3 N–H and O–H groups in total. The zero-order chi connectivity index (χ0) is 17.5. The number of likely N-dealkylation sites (N-methyl/N-ethyl adjacent to an activating group) is 1. The van der Waals surface area contributed by atoms with Crippen LogP contribution < -0.4 is 11.1 Å². The summed E-state index contributed by atoms with van der Waals surface area (Å²) in [6, 6.07) is 4.46. The number of fused-ring (bicyclic) bond motifs is 1. The summed E-state index contributed by atoms with van der Waals surface area (Å²) in [5.74, 6) is 1.00. The van der Waals surface area contributed by atoms with Gasteiger partial charge in [0.15, 0.2) is 0 Å². The summed E-state index contributed by atoms with van der Waals surface area (Å²) in [5, 5.41) is 12.1. The van der Waals surface area contributed by atoms with Crippen LogP contribution in [0.15, 0.2) is 22.7 Å². The van der Waals surface area contributed by atoms with E-state index in [9.17, 15) is 9.18 Å². The molecule has 1 amide bonds. The fraction of sp³-hybridized carbons (Fsp3) is 0.400. The Morgan fingerprint density at radius 1 is 1.58 bits per heavy atom. The number of nitrogens with two attached hydrogens (primary N) is 1. The van der Waals surface area contributed by atoms with Crippen molar-refractivity contribution in [1.82, 2.24) is 10.2 Å². The quantitative estimate of drug-likeness (QED) is 0.668. The Morgan fingerprint density at radius 2 is 2.33 bits per heavy atom. The third kappa shape index (κ3) is 2.29. The van der Waals surface area contributed by atoms with Gasteiger partial charge in [0, 0.05) is 0 Å². The Labute approximate surface area is 147 Å². The standard InChI is InChI=1S/C15H15BBrFN4O2/c1-22-12(23)14(20)4-5-24-7-15(14,21-13(22)16-8-19)10-6-9(17)2-3-11(10)18/h2-3,6,21H,4-5,7,20H2,1H3. The molecule has 2 aliphatic heterocycles. The number of carbonyl (C=O) groups is 1. The van der Waals surface area contributed by atoms with Crippen LogP contribution in [0.5, 0.6) is 0 Å². The number of nitrogens with one attached hydrogen (secondary N) is 1. The second-order valence-corrected chi connectivity index (χ2v) is 6.87. The maximum absolute atomic E-state index is 14.6. The van der Waals surface area contributed by atoms with Crippen LogP contribution in [0, 0.1) is 17.0 Å². The van der Waals surface area contributed by atoms with E-state index in [1.54, 1.807) is 12.1 Å². The number of benzene rings is 1. The molecule has 2 saturated heterocycles. The van der Waals surface area contributed by atoms with Crippen LogP contribution in [-0.2, 0) is 15.1 Å². The van der Waals surface area contributed by atoms with E-state index in [4.69, 9.17) is 15.7 Å². The molecule has 9 heteroatoms. The van der Waals surface area contributed by atoms with Gasteiger partial charge in [-0.3, -0.25) is 0 Å². The molecule has 0 saturated carbocycles. The Kier molecular flexibility index (Phi) is 4.24. The van der Waals surface area contributed by atoms with E-state index < -0.39 is 16.9 Å². The number of rotatable bonds is 1. The summed E-state index contributed by atoms with van der Waals surface area (Å²) in [7, 11) is 1.53. The molecule has 1 aromatic rings. The molecule has 2 atom stereocenters. The maximum atomic E-state index is 14.6. The van der Waals surface area contributed by atoms with Gasteiger partial charge in [-0.2, -0.15) is 0 Å².